The number of nitrogens with one attached hydrogen (secondary N) is 1. The van der Waals surface area contributed by atoms with E-state index in [1.807, 2.05) is 60.2 Å². The first-order valence-corrected chi connectivity index (χ1v) is 13.0. The van der Waals surface area contributed by atoms with E-state index < -0.39 is 0 Å². The molecule has 0 fully saturated rings. The molecule has 2 aromatic heterocycles. The molecule has 10 heteroatoms. The minimum Gasteiger partial charge on any atom is -0.485 e. The molecule has 0 aliphatic rings. The van der Waals surface area contributed by atoms with Crippen LogP contribution in [-0.2, 0) is 17.9 Å². The number of ether oxygens (including phenoxy) is 1. The summed E-state index contributed by atoms with van der Waals surface area (Å²) in [7, 11) is 0. The van der Waals surface area contributed by atoms with Gasteiger partial charge >= 0.3 is 0 Å². The van der Waals surface area contributed by atoms with Crippen molar-refractivity contribution in [3.63, 3.8) is 0 Å². The minimum absolute atomic E-state index is 0.164. The molecule has 0 aliphatic carbocycles. The molecule has 4 aromatic rings. The first-order valence-electron chi connectivity index (χ1n) is 10.8. The SMILES string of the molecule is C=CCn1c(COc2ccc(Cl)cc2C)nnc1SCC(=O)Nc1nc(-c2ccc(C)cc2)cs1. The molecule has 35 heavy (non-hydrogen) atoms. The van der Waals surface area contributed by atoms with Crippen LogP contribution in [0.1, 0.15) is 17.0 Å². The van der Waals surface area contributed by atoms with Crippen LogP contribution < -0.4 is 10.1 Å². The molecule has 0 aliphatic heterocycles. The van der Waals surface area contributed by atoms with Crippen molar-refractivity contribution in [2.24, 2.45) is 0 Å². The Kier molecular flexibility index (Phi) is 8.22. The maximum absolute atomic E-state index is 12.5. The van der Waals surface area contributed by atoms with E-state index in [4.69, 9.17) is 16.3 Å². The third kappa shape index (κ3) is 6.50. The number of thioether (sulfide) groups is 1. The first kappa shape index (κ1) is 25.0. The molecule has 0 unspecified atom stereocenters. The van der Waals surface area contributed by atoms with Crippen molar-refractivity contribution in [2.75, 3.05) is 11.1 Å². The Bertz CT molecular complexity index is 1330. The van der Waals surface area contributed by atoms with Crippen molar-refractivity contribution in [1.29, 1.82) is 0 Å². The van der Waals surface area contributed by atoms with Gasteiger partial charge in [0.25, 0.3) is 0 Å². The average Bonchev–Trinajstić information content (AvgIpc) is 3.45. The highest BCUT2D eigenvalue weighted by molar-refractivity contribution is 7.99. The van der Waals surface area contributed by atoms with Crippen LogP contribution in [0.25, 0.3) is 11.3 Å². The quantitative estimate of drug-likeness (QED) is 0.197. The summed E-state index contributed by atoms with van der Waals surface area (Å²) in [6.07, 6.45) is 1.76. The van der Waals surface area contributed by atoms with E-state index in [1.165, 1.54) is 28.7 Å². The number of thiazole rings is 1. The number of nitrogens with zero attached hydrogens (tertiary/aromatic N) is 4. The molecule has 1 N–H and O–H groups in total. The molecular weight excluding hydrogens is 502 g/mol. The van der Waals surface area contributed by atoms with E-state index in [1.54, 1.807) is 12.1 Å². The highest BCUT2D eigenvalue weighted by Crippen LogP contribution is 2.26. The fraction of sp³-hybridized carbons (Fsp3) is 0.200. The number of halogens is 1. The van der Waals surface area contributed by atoms with Gasteiger partial charge in [-0.1, -0.05) is 59.3 Å². The van der Waals surface area contributed by atoms with Gasteiger partial charge in [0.05, 0.1) is 11.4 Å². The standard InChI is InChI=1S/C25H24ClN5O2S2/c1-4-11-31-22(13-33-21-10-9-19(26)12-17(21)3)29-30-25(31)35-15-23(32)28-24-27-20(14-34-24)18-7-5-16(2)6-8-18/h4-10,12,14H,1,11,13,15H2,2-3H3,(H,27,28,32). The predicted octanol–water partition coefficient (Wildman–Crippen LogP) is 6.17. The summed E-state index contributed by atoms with van der Waals surface area (Å²) in [5.74, 6) is 1.38. The molecule has 0 saturated heterocycles. The Labute approximate surface area is 217 Å². The number of hydrogen-bond donors (Lipinski definition) is 1. The normalized spacial score (nSPS) is 10.8. The lowest BCUT2D eigenvalue weighted by molar-refractivity contribution is -0.113. The lowest BCUT2D eigenvalue weighted by Gasteiger charge is -2.11. The van der Waals surface area contributed by atoms with Crippen molar-refractivity contribution in [3.8, 4) is 17.0 Å². The Hall–Kier alpha value is -3.14. The summed E-state index contributed by atoms with van der Waals surface area (Å²) in [4.78, 5) is 17.1. The Balaban J connectivity index is 1.35. The number of allylic oxidation sites excluding steroid dienone is 1. The van der Waals surface area contributed by atoms with E-state index in [-0.39, 0.29) is 18.3 Å². The van der Waals surface area contributed by atoms with E-state index in [9.17, 15) is 4.79 Å². The van der Waals surface area contributed by atoms with Gasteiger partial charge < -0.3 is 10.1 Å². The number of aryl methyl sites for hydroxylation is 2. The fourth-order valence-corrected chi connectivity index (χ4v) is 4.96. The van der Waals surface area contributed by atoms with Gasteiger partial charge in [0.2, 0.25) is 5.91 Å². The van der Waals surface area contributed by atoms with Crippen molar-refractivity contribution in [2.45, 2.75) is 32.2 Å². The van der Waals surface area contributed by atoms with Gasteiger partial charge in [-0.25, -0.2) is 4.98 Å². The second kappa shape index (κ2) is 11.5. The summed E-state index contributed by atoms with van der Waals surface area (Å²) in [6, 6.07) is 13.6. The highest BCUT2D eigenvalue weighted by atomic mass is 35.5. The highest BCUT2D eigenvalue weighted by Gasteiger charge is 2.15. The van der Waals surface area contributed by atoms with Crippen LogP contribution in [-0.4, -0.2) is 31.4 Å². The molecule has 0 radical (unpaired) electrons. The fourth-order valence-electron chi connectivity index (χ4n) is 3.24. The van der Waals surface area contributed by atoms with Crippen LogP contribution in [0, 0.1) is 13.8 Å². The molecule has 7 nitrogen and oxygen atoms in total. The minimum atomic E-state index is -0.164. The van der Waals surface area contributed by atoms with Gasteiger partial charge in [-0.2, -0.15) is 0 Å². The smallest absolute Gasteiger partial charge is 0.236 e. The Morgan fingerprint density at radius 2 is 2.03 bits per heavy atom. The average molecular weight is 526 g/mol. The second-order valence-corrected chi connectivity index (χ2v) is 9.97. The van der Waals surface area contributed by atoms with Crippen LogP contribution in [0.5, 0.6) is 5.75 Å². The van der Waals surface area contributed by atoms with Crippen LogP contribution in [0.4, 0.5) is 5.13 Å². The van der Waals surface area contributed by atoms with Crippen LogP contribution >= 0.6 is 34.7 Å². The molecule has 0 spiro atoms. The molecular formula is C25H24ClN5O2S2. The van der Waals surface area contributed by atoms with E-state index in [0.29, 0.717) is 27.7 Å². The van der Waals surface area contributed by atoms with Gasteiger partial charge in [-0.05, 0) is 37.6 Å². The molecule has 0 bridgehead atoms. The largest absolute Gasteiger partial charge is 0.485 e. The van der Waals surface area contributed by atoms with E-state index in [0.717, 1.165) is 22.6 Å². The molecule has 1 amide bonds. The van der Waals surface area contributed by atoms with Crippen LogP contribution in [0.15, 0.2) is 65.7 Å². The van der Waals surface area contributed by atoms with Gasteiger partial charge in [0.1, 0.15) is 12.4 Å². The number of amides is 1. The first-order chi connectivity index (χ1) is 16.9. The van der Waals surface area contributed by atoms with E-state index in [2.05, 4.69) is 27.1 Å². The Morgan fingerprint density at radius 1 is 1.23 bits per heavy atom. The van der Waals surface area contributed by atoms with E-state index >= 15 is 0 Å². The number of carbonyl (C=O) groups excluding carboxylic acids is 1. The summed E-state index contributed by atoms with van der Waals surface area (Å²) < 4.78 is 7.80. The second-order valence-electron chi connectivity index (χ2n) is 7.74. The van der Waals surface area contributed by atoms with Gasteiger partial charge in [-0.15, -0.1) is 28.1 Å². The number of hydrogen-bond acceptors (Lipinski definition) is 7. The number of aromatic nitrogens is 4. The molecule has 4 rings (SSSR count). The monoisotopic (exact) mass is 525 g/mol. The lowest BCUT2D eigenvalue weighted by Crippen LogP contribution is -2.15. The molecule has 2 heterocycles. The number of anilines is 1. The zero-order valence-electron chi connectivity index (χ0n) is 19.3. The zero-order valence-corrected chi connectivity index (χ0v) is 21.7. The van der Waals surface area contributed by atoms with Crippen molar-refractivity contribution >= 4 is 45.7 Å². The lowest BCUT2D eigenvalue weighted by atomic mass is 10.1. The summed E-state index contributed by atoms with van der Waals surface area (Å²) in [5, 5.41) is 15.1. The van der Waals surface area contributed by atoms with Gasteiger partial charge in [0.15, 0.2) is 16.1 Å². The van der Waals surface area contributed by atoms with Crippen molar-refractivity contribution < 1.29 is 9.53 Å². The third-order valence-electron chi connectivity index (χ3n) is 5.03. The molecule has 2 aromatic carbocycles. The zero-order chi connectivity index (χ0) is 24.8. The number of benzene rings is 2. The molecule has 180 valence electrons. The maximum Gasteiger partial charge on any atom is 0.236 e. The molecule has 0 atom stereocenters. The number of rotatable bonds is 10. The van der Waals surface area contributed by atoms with Gasteiger partial charge in [-0.3, -0.25) is 9.36 Å². The maximum atomic E-state index is 12.5. The third-order valence-corrected chi connectivity index (χ3v) is 6.99. The summed E-state index contributed by atoms with van der Waals surface area (Å²) in [6.45, 7) is 8.52. The predicted molar refractivity (Wildman–Crippen MR) is 142 cm³/mol. The van der Waals surface area contributed by atoms with Crippen LogP contribution in [0.2, 0.25) is 5.02 Å². The molecule has 0 saturated carbocycles. The Morgan fingerprint density at radius 3 is 2.77 bits per heavy atom. The van der Waals surface area contributed by atoms with Crippen molar-refractivity contribution in [3.05, 3.63) is 82.5 Å². The van der Waals surface area contributed by atoms with Crippen LogP contribution in [0.3, 0.4) is 0 Å². The van der Waals surface area contributed by atoms with Crippen molar-refractivity contribution in [1.82, 2.24) is 19.7 Å². The number of carbonyl (C=O) groups is 1. The summed E-state index contributed by atoms with van der Waals surface area (Å²) in [5.41, 5.74) is 3.98. The summed E-state index contributed by atoms with van der Waals surface area (Å²) >= 11 is 8.71. The topological polar surface area (TPSA) is 81.9 Å². The van der Waals surface area contributed by atoms with Gasteiger partial charge in [0, 0.05) is 22.5 Å².